The lowest BCUT2D eigenvalue weighted by Gasteiger charge is -2.37. The summed E-state index contributed by atoms with van der Waals surface area (Å²) < 4.78 is 0. The van der Waals surface area contributed by atoms with Crippen LogP contribution in [-0.2, 0) is 12.8 Å². The number of aryl methyl sites for hydroxylation is 2. The average molecular weight is 503 g/mol. The lowest BCUT2D eigenvalue weighted by atomic mass is 9.68. The Labute approximate surface area is 230 Å². The molecule has 0 N–H and O–H groups in total. The first kappa shape index (κ1) is 28.7. The van der Waals surface area contributed by atoms with E-state index in [1.807, 2.05) is 0 Å². The van der Waals surface area contributed by atoms with E-state index < -0.39 is 0 Å². The number of unbranched alkanes of at least 4 members (excludes halogenated alkanes) is 3. The molecule has 2 atom stereocenters. The predicted molar refractivity (Wildman–Crippen MR) is 163 cm³/mol. The van der Waals surface area contributed by atoms with Crippen molar-refractivity contribution in [3.8, 4) is 0 Å². The summed E-state index contributed by atoms with van der Waals surface area (Å²) in [5.41, 5.74) is 3.08. The molecule has 2 saturated carbocycles. The molecule has 0 saturated heterocycles. The van der Waals surface area contributed by atoms with Crippen LogP contribution in [-0.4, -0.2) is 0 Å². The van der Waals surface area contributed by atoms with Crippen molar-refractivity contribution in [2.24, 2.45) is 35.5 Å². The molecule has 0 spiro atoms. The number of allylic oxidation sites excluding steroid dienone is 4. The summed E-state index contributed by atoms with van der Waals surface area (Å²) in [6, 6.07) is 9.56. The van der Waals surface area contributed by atoms with Crippen LogP contribution in [0, 0.1) is 35.5 Å². The molecule has 4 rings (SSSR count). The summed E-state index contributed by atoms with van der Waals surface area (Å²) in [5, 5.41) is 0. The Hall–Kier alpha value is -1.30. The summed E-state index contributed by atoms with van der Waals surface area (Å²) in [4.78, 5) is 0. The van der Waals surface area contributed by atoms with E-state index in [1.165, 1.54) is 128 Å². The Morgan fingerprint density at radius 1 is 0.595 bits per heavy atom. The first-order chi connectivity index (χ1) is 18.2. The van der Waals surface area contributed by atoms with E-state index in [0.717, 1.165) is 35.5 Å². The maximum Gasteiger partial charge on any atom is -0.00531 e. The molecule has 0 bridgehead atoms. The quantitative estimate of drug-likeness (QED) is 0.186. The first-order valence-electron chi connectivity index (χ1n) is 16.7. The number of rotatable bonds is 13. The first-order valence-corrected chi connectivity index (χ1v) is 16.7. The van der Waals surface area contributed by atoms with Crippen LogP contribution < -0.4 is 0 Å². The van der Waals surface area contributed by atoms with Crippen LogP contribution in [0.15, 0.2) is 48.6 Å². The van der Waals surface area contributed by atoms with Gasteiger partial charge in [0, 0.05) is 0 Å². The van der Waals surface area contributed by atoms with E-state index in [4.69, 9.17) is 0 Å². The van der Waals surface area contributed by atoms with Crippen molar-refractivity contribution in [3.05, 3.63) is 59.7 Å². The fourth-order valence-corrected chi connectivity index (χ4v) is 7.64. The van der Waals surface area contributed by atoms with E-state index >= 15 is 0 Å². The average Bonchev–Trinajstić information content (AvgIpc) is 2.96. The third-order valence-corrected chi connectivity index (χ3v) is 10.4. The van der Waals surface area contributed by atoms with Gasteiger partial charge in [-0.05, 0) is 130 Å². The van der Waals surface area contributed by atoms with Gasteiger partial charge in [-0.25, -0.2) is 0 Å². The smallest absolute Gasteiger partial charge is 0.00531 e. The monoisotopic (exact) mass is 502 g/mol. The van der Waals surface area contributed by atoms with Crippen LogP contribution in [0.5, 0.6) is 0 Å². The largest absolute Gasteiger partial charge is 0.0848 e. The Morgan fingerprint density at radius 3 is 1.86 bits per heavy atom. The lowest BCUT2D eigenvalue weighted by Crippen LogP contribution is -2.25. The molecule has 206 valence electrons. The Balaban J connectivity index is 1.09. The SMILES string of the molecule is CCCCCC1C=CC(C=CC2CCC(C3CCC(CCc4ccc(CCCC)cc4)CC3)CC2)CC1. The minimum absolute atomic E-state index is 0.717. The van der Waals surface area contributed by atoms with Crippen LogP contribution in [0.25, 0.3) is 0 Å². The van der Waals surface area contributed by atoms with Crippen LogP contribution in [0.3, 0.4) is 0 Å². The van der Waals surface area contributed by atoms with Crippen LogP contribution in [0.1, 0.15) is 134 Å². The highest BCUT2D eigenvalue weighted by Gasteiger charge is 2.30. The molecule has 1 aromatic carbocycles. The zero-order valence-corrected chi connectivity index (χ0v) is 24.5. The van der Waals surface area contributed by atoms with Gasteiger partial charge in [-0.15, -0.1) is 0 Å². The number of hydrogen-bond donors (Lipinski definition) is 0. The highest BCUT2D eigenvalue weighted by atomic mass is 14.4. The molecule has 0 heteroatoms. The minimum Gasteiger partial charge on any atom is -0.0848 e. The van der Waals surface area contributed by atoms with Crippen molar-refractivity contribution in [1.29, 1.82) is 0 Å². The van der Waals surface area contributed by atoms with Crippen LogP contribution in [0.2, 0.25) is 0 Å². The van der Waals surface area contributed by atoms with E-state index in [-0.39, 0.29) is 0 Å². The summed E-state index contributed by atoms with van der Waals surface area (Å²) in [7, 11) is 0. The highest BCUT2D eigenvalue weighted by molar-refractivity contribution is 5.22. The molecule has 0 aliphatic heterocycles. The molecule has 3 aliphatic rings. The Kier molecular flexibility index (Phi) is 12.4. The molecular weight excluding hydrogens is 444 g/mol. The van der Waals surface area contributed by atoms with Gasteiger partial charge in [0.15, 0.2) is 0 Å². The van der Waals surface area contributed by atoms with Gasteiger partial charge in [0.25, 0.3) is 0 Å². The van der Waals surface area contributed by atoms with Crippen molar-refractivity contribution in [2.75, 3.05) is 0 Å². The molecule has 1 aromatic rings. The van der Waals surface area contributed by atoms with Crippen molar-refractivity contribution in [2.45, 2.75) is 136 Å². The van der Waals surface area contributed by atoms with Crippen molar-refractivity contribution >= 4 is 0 Å². The lowest BCUT2D eigenvalue weighted by molar-refractivity contribution is 0.152. The molecule has 2 unspecified atom stereocenters. The molecule has 0 nitrogen and oxygen atoms in total. The fraction of sp³-hybridized carbons (Fsp3) is 0.730. The van der Waals surface area contributed by atoms with Gasteiger partial charge in [-0.3, -0.25) is 0 Å². The normalized spacial score (nSPS) is 30.6. The second-order valence-corrected chi connectivity index (χ2v) is 13.2. The van der Waals surface area contributed by atoms with Gasteiger partial charge in [-0.2, -0.15) is 0 Å². The molecule has 0 amide bonds. The Morgan fingerprint density at radius 2 is 1.24 bits per heavy atom. The van der Waals surface area contributed by atoms with Crippen molar-refractivity contribution in [3.63, 3.8) is 0 Å². The fourth-order valence-electron chi connectivity index (χ4n) is 7.64. The summed E-state index contributed by atoms with van der Waals surface area (Å²) in [6.07, 6.45) is 37.1. The summed E-state index contributed by atoms with van der Waals surface area (Å²) in [6.45, 7) is 4.60. The predicted octanol–water partition coefficient (Wildman–Crippen LogP) is 11.3. The zero-order chi connectivity index (χ0) is 25.7. The van der Waals surface area contributed by atoms with E-state index in [1.54, 1.807) is 5.56 Å². The molecule has 3 aliphatic carbocycles. The standard InChI is InChI=1S/C37H58/c1-3-5-7-9-31-12-16-33(17-13-31)19-21-35-24-28-37(29-25-35)36-26-22-34(23-27-36)20-18-32-14-10-30(11-15-32)8-6-4-2/h10-12,14-16,19,21,31,33-37H,3-9,13,17-18,20,22-29H2,1-2H3. The molecule has 0 aromatic heterocycles. The van der Waals surface area contributed by atoms with Crippen LogP contribution >= 0.6 is 0 Å². The van der Waals surface area contributed by atoms with Crippen molar-refractivity contribution < 1.29 is 0 Å². The van der Waals surface area contributed by atoms with Gasteiger partial charge in [-0.1, -0.05) is 101 Å². The highest BCUT2D eigenvalue weighted by Crippen LogP contribution is 2.42. The maximum absolute atomic E-state index is 2.62. The van der Waals surface area contributed by atoms with Crippen molar-refractivity contribution in [1.82, 2.24) is 0 Å². The number of hydrogen-bond acceptors (Lipinski definition) is 0. The van der Waals surface area contributed by atoms with E-state index in [0.29, 0.717) is 0 Å². The molecule has 2 fully saturated rings. The van der Waals surface area contributed by atoms with Gasteiger partial charge in [0.2, 0.25) is 0 Å². The molecule has 0 heterocycles. The maximum atomic E-state index is 2.62. The number of benzene rings is 1. The topological polar surface area (TPSA) is 0 Å². The van der Waals surface area contributed by atoms with Gasteiger partial charge < -0.3 is 0 Å². The molecule has 37 heavy (non-hydrogen) atoms. The third-order valence-electron chi connectivity index (χ3n) is 10.4. The van der Waals surface area contributed by atoms with E-state index in [9.17, 15) is 0 Å². The molecule has 0 radical (unpaired) electrons. The molecular formula is C37H58. The minimum atomic E-state index is 0.717. The van der Waals surface area contributed by atoms with Gasteiger partial charge >= 0.3 is 0 Å². The zero-order valence-electron chi connectivity index (χ0n) is 24.5. The van der Waals surface area contributed by atoms with Gasteiger partial charge in [0.05, 0.1) is 0 Å². The van der Waals surface area contributed by atoms with Crippen LogP contribution in [0.4, 0.5) is 0 Å². The van der Waals surface area contributed by atoms with E-state index in [2.05, 4.69) is 62.4 Å². The summed E-state index contributed by atoms with van der Waals surface area (Å²) >= 11 is 0. The second kappa shape index (κ2) is 16.0. The Bertz CT molecular complexity index is 782. The van der Waals surface area contributed by atoms with Gasteiger partial charge in [0.1, 0.15) is 0 Å². The summed E-state index contributed by atoms with van der Waals surface area (Å²) in [5.74, 6) is 5.48. The third kappa shape index (κ3) is 9.75. The second-order valence-electron chi connectivity index (χ2n) is 13.2.